The number of rotatable bonds is 8. The number of methoxy groups -OCH3 is 1. The number of amides is 3. The Balaban J connectivity index is 1.87. The number of ether oxygens (including phenoxy) is 1. The minimum Gasteiger partial charge on any atom is -0.497 e. The first-order chi connectivity index (χ1) is 15.8. The van der Waals surface area contributed by atoms with E-state index in [2.05, 4.69) is 15.6 Å². The highest BCUT2D eigenvalue weighted by molar-refractivity contribution is 8.00. The Hall–Kier alpha value is -3.33. The number of imide groups is 1. The third-order valence-electron chi connectivity index (χ3n) is 4.89. The molecule has 0 aliphatic heterocycles. The lowest BCUT2D eigenvalue weighted by molar-refractivity contribution is -0.119. The Morgan fingerprint density at radius 2 is 1.79 bits per heavy atom. The summed E-state index contributed by atoms with van der Waals surface area (Å²) in [5.41, 5.74) is 1.25. The zero-order valence-corrected chi connectivity index (χ0v) is 19.9. The maximum absolute atomic E-state index is 13.3. The van der Waals surface area contributed by atoms with Gasteiger partial charge in [-0.2, -0.15) is 0 Å². The first-order valence-electron chi connectivity index (χ1n) is 10.7. The van der Waals surface area contributed by atoms with Gasteiger partial charge in [0.2, 0.25) is 5.91 Å². The molecule has 0 fully saturated rings. The van der Waals surface area contributed by atoms with Crippen LogP contribution in [0, 0.1) is 5.92 Å². The fourth-order valence-corrected chi connectivity index (χ4v) is 3.96. The summed E-state index contributed by atoms with van der Waals surface area (Å²) < 4.78 is 6.76. The molecule has 0 radical (unpaired) electrons. The molecule has 2 N–H and O–H groups in total. The van der Waals surface area contributed by atoms with Gasteiger partial charge in [0.1, 0.15) is 5.75 Å². The lowest BCUT2D eigenvalue weighted by atomic mass is 10.2. The van der Waals surface area contributed by atoms with Gasteiger partial charge in [-0.3, -0.25) is 19.5 Å². The zero-order chi connectivity index (χ0) is 24.0. The number of fused-ring (bicyclic) bond motifs is 1. The molecule has 3 rings (SSSR count). The van der Waals surface area contributed by atoms with Gasteiger partial charge in [0, 0.05) is 6.54 Å². The number of nitrogens with one attached hydrogen (secondary N) is 2. The molecule has 3 aromatic rings. The van der Waals surface area contributed by atoms with Crippen LogP contribution in [0.25, 0.3) is 10.9 Å². The molecule has 0 aliphatic carbocycles. The monoisotopic (exact) mass is 468 g/mol. The number of benzene rings is 2. The van der Waals surface area contributed by atoms with Crippen molar-refractivity contribution in [3.05, 3.63) is 64.4 Å². The molecule has 33 heavy (non-hydrogen) atoms. The first-order valence-corrected chi connectivity index (χ1v) is 11.5. The Morgan fingerprint density at radius 1 is 1.09 bits per heavy atom. The topological polar surface area (TPSA) is 102 Å². The Labute approximate surface area is 196 Å². The third-order valence-corrected chi connectivity index (χ3v) is 5.98. The summed E-state index contributed by atoms with van der Waals surface area (Å²) in [5, 5.41) is 5.26. The van der Waals surface area contributed by atoms with E-state index in [-0.39, 0.29) is 18.0 Å². The summed E-state index contributed by atoms with van der Waals surface area (Å²) >= 11 is 1.14. The van der Waals surface area contributed by atoms with Gasteiger partial charge in [0.05, 0.1) is 29.8 Å². The zero-order valence-electron chi connectivity index (χ0n) is 19.1. The molecule has 1 unspecified atom stereocenters. The van der Waals surface area contributed by atoms with Crippen LogP contribution in [0.3, 0.4) is 0 Å². The van der Waals surface area contributed by atoms with Crippen LogP contribution in [-0.4, -0.2) is 40.4 Å². The molecule has 0 bridgehead atoms. The van der Waals surface area contributed by atoms with Crippen LogP contribution in [-0.2, 0) is 11.3 Å². The van der Waals surface area contributed by atoms with Gasteiger partial charge in [0.15, 0.2) is 5.16 Å². The molecule has 0 aliphatic rings. The number of para-hydroxylation sites is 1. The van der Waals surface area contributed by atoms with E-state index in [9.17, 15) is 14.4 Å². The van der Waals surface area contributed by atoms with E-state index in [4.69, 9.17) is 4.74 Å². The molecule has 0 saturated carbocycles. The second-order valence-electron chi connectivity index (χ2n) is 8.00. The minimum atomic E-state index is -0.648. The predicted molar refractivity (Wildman–Crippen MR) is 130 cm³/mol. The molecule has 9 heteroatoms. The minimum absolute atomic E-state index is 0.193. The molecule has 174 valence electrons. The molecule has 8 nitrogen and oxygen atoms in total. The van der Waals surface area contributed by atoms with E-state index < -0.39 is 17.2 Å². The quantitative estimate of drug-likeness (QED) is 0.388. The fraction of sp³-hybridized carbons (Fsp3) is 0.333. The molecule has 3 amide bonds. The number of nitrogens with zero attached hydrogens (tertiary/aromatic N) is 2. The maximum atomic E-state index is 13.3. The van der Waals surface area contributed by atoms with Crippen LogP contribution >= 0.6 is 11.8 Å². The van der Waals surface area contributed by atoms with E-state index in [1.807, 2.05) is 44.2 Å². The van der Waals surface area contributed by atoms with Crippen molar-refractivity contribution >= 4 is 34.6 Å². The van der Waals surface area contributed by atoms with Gasteiger partial charge < -0.3 is 10.1 Å². The molecule has 2 aromatic carbocycles. The normalized spacial score (nSPS) is 11.9. The predicted octanol–water partition coefficient (Wildman–Crippen LogP) is 3.42. The number of carbonyl (C=O) groups is 2. The van der Waals surface area contributed by atoms with Gasteiger partial charge >= 0.3 is 6.03 Å². The molecule has 1 aromatic heterocycles. The van der Waals surface area contributed by atoms with E-state index >= 15 is 0 Å². The lowest BCUT2D eigenvalue weighted by Gasteiger charge is -2.17. The van der Waals surface area contributed by atoms with Crippen molar-refractivity contribution in [2.75, 3.05) is 13.7 Å². The van der Waals surface area contributed by atoms with Gasteiger partial charge in [-0.1, -0.05) is 49.9 Å². The van der Waals surface area contributed by atoms with Crippen molar-refractivity contribution in [2.45, 2.75) is 37.7 Å². The van der Waals surface area contributed by atoms with Crippen LogP contribution < -0.4 is 20.9 Å². The number of aromatic nitrogens is 2. The Kier molecular flexibility index (Phi) is 8.11. The smallest absolute Gasteiger partial charge is 0.321 e. The van der Waals surface area contributed by atoms with Gasteiger partial charge in [0.25, 0.3) is 5.56 Å². The summed E-state index contributed by atoms with van der Waals surface area (Å²) in [6.07, 6.45) is 0. The van der Waals surface area contributed by atoms with Crippen molar-refractivity contribution in [3.63, 3.8) is 0 Å². The molecule has 1 heterocycles. The van der Waals surface area contributed by atoms with Crippen molar-refractivity contribution in [1.82, 2.24) is 20.2 Å². The molecule has 0 saturated heterocycles. The first kappa shape index (κ1) is 24.3. The van der Waals surface area contributed by atoms with Crippen molar-refractivity contribution < 1.29 is 14.3 Å². The number of hydrogen-bond acceptors (Lipinski definition) is 6. The summed E-state index contributed by atoms with van der Waals surface area (Å²) in [4.78, 5) is 42.5. The van der Waals surface area contributed by atoms with Crippen molar-refractivity contribution in [1.29, 1.82) is 0 Å². The van der Waals surface area contributed by atoms with Crippen LogP contribution in [0.1, 0.15) is 26.3 Å². The lowest BCUT2D eigenvalue weighted by Crippen LogP contribution is -2.43. The number of urea groups is 1. The number of carbonyl (C=O) groups excluding carboxylic acids is 2. The van der Waals surface area contributed by atoms with Gasteiger partial charge in [-0.15, -0.1) is 0 Å². The molecular weight excluding hydrogens is 440 g/mol. The van der Waals surface area contributed by atoms with E-state index in [1.54, 1.807) is 36.8 Å². The van der Waals surface area contributed by atoms with Crippen molar-refractivity contribution in [3.8, 4) is 5.75 Å². The van der Waals surface area contributed by atoms with E-state index in [0.29, 0.717) is 22.6 Å². The van der Waals surface area contributed by atoms with E-state index in [0.717, 1.165) is 23.1 Å². The highest BCUT2D eigenvalue weighted by Crippen LogP contribution is 2.24. The van der Waals surface area contributed by atoms with Gasteiger partial charge in [-0.25, -0.2) is 9.78 Å². The second-order valence-corrected chi connectivity index (χ2v) is 9.31. The average molecular weight is 469 g/mol. The summed E-state index contributed by atoms with van der Waals surface area (Å²) in [7, 11) is 1.59. The fourth-order valence-electron chi connectivity index (χ4n) is 3.06. The SMILES string of the molecule is COc1ccc(Cn2c(SC(C)C(=O)NC(=O)NCC(C)C)nc3ccccc3c2=O)cc1. The highest BCUT2D eigenvalue weighted by Gasteiger charge is 2.21. The summed E-state index contributed by atoms with van der Waals surface area (Å²) in [6, 6.07) is 14.0. The third kappa shape index (κ3) is 6.35. The van der Waals surface area contributed by atoms with Crippen LogP contribution in [0.15, 0.2) is 58.5 Å². The molecular formula is C24H28N4O4S. The number of hydrogen-bond donors (Lipinski definition) is 2. The maximum Gasteiger partial charge on any atom is 0.321 e. The summed E-state index contributed by atoms with van der Waals surface area (Å²) in [6.45, 7) is 6.36. The standard InChI is InChI=1S/C24H28N4O4S/c1-15(2)13-25-23(31)27-21(29)16(3)33-24-26-20-8-6-5-7-19(20)22(30)28(24)14-17-9-11-18(32-4)12-10-17/h5-12,15-16H,13-14H2,1-4H3,(H2,25,27,29,31). The molecule has 0 spiro atoms. The van der Waals surface area contributed by atoms with Gasteiger partial charge in [-0.05, 0) is 42.7 Å². The molecule has 1 atom stereocenters. The Morgan fingerprint density at radius 3 is 2.45 bits per heavy atom. The average Bonchev–Trinajstić information content (AvgIpc) is 2.80. The van der Waals surface area contributed by atoms with Crippen LogP contribution in [0.4, 0.5) is 4.79 Å². The highest BCUT2D eigenvalue weighted by atomic mass is 32.2. The second kappa shape index (κ2) is 11.0. The van der Waals surface area contributed by atoms with Crippen LogP contribution in [0.2, 0.25) is 0 Å². The van der Waals surface area contributed by atoms with E-state index in [1.165, 1.54) is 0 Å². The summed E-state index contributed by atoms with van der Waals surface area (Å²) in [5.74, 6) is 0.532. The van der Waals surface area contributed by atoms with Crippen molar-refractivity contribution in [2.24, 2.45) is 5.92 Å². The van der Waals surface area contributed by atoms with Crippen LogP contribution in [0.5, 0.6) is 5.75 Å². The number of thioether (sulfide) groups is 1. The Bertz CT molecular complexity index is 1190. The largest absolute Gasteiger partial charge is 0.497 e.